The van der Waals surface area contributed by atoms with Gasteiger partial charge in [0.25, 0.3) is 0 Å². The summed E-state index contributed by atoms with van der Waals surface area (Å²) in [6.45, 7) is 0. The van der Waals surface area contributed by atoms with Gasteiger partial charge in [0.2, 0.25) is 0 Å². The molecule has 5 heteroatoms. The summed E-state index contributed by atoms with van der Waals surface area (Å²) in [7, 11) is 3.24. The van der Waals surface area contributed by atoms with Crippen LogP contribution in [0.4, 0.5) is 0 Å². The lowest BCUT2D eigenvalue weighted by Crippen LogP contribution is -2.32. The summed E-state index contributed by atoms with van der Waals surface area (Å²) >= 11 is 0. The number of carbonyl (C=O) groups excluding carboxylic acids is 1. The number of ether oxygens (including phenoxy) is 1. The minimum atomic E-state index is -0.559. The first kappa shape index (κ1) is 10.7. The molecule has 1 rings (SSSR count). The molecule has 0 aliphatic carbocycles. The summed E-state index contributed by atoms with van der Waals surface area (Å²) in [5, 5.41) is 0. The topological polar surface area (TPSA) is 70.1 Å². The first-order chi connectivity index (χ1) is 6.65. The average molecular weight is 197 g/mol. The van der Waals surface area contributed by atoms with Crippen molar-refractivity contribution >= 4 is 5.97 Å². The van der Waals surface area contributed by atoms with Crippen molar-refractivity contribution < 1.29 is 9.53 Å². The molecule has 5 nitrogen and oxygen atoms in total. The van der Waals surface area contributed by atoms with Crippen LogP contribution in [-0.4, -0.2) is 28.7 Å². The molecule has 1 heterocycles. The van der Waals surface area contributed by atoms with Gasteiger partial charge in [-0.05, 0) is 6.42 Å². The van der Waals surface area contributed by atoms with Crippen molar-refractivity contribution in [3.8, 4) is 0 Å². The summed E-state index contributed by atoms with van der Waals surface area (Å²) in [5.41, 5.74) is 5.58. The Morgan fingerprint density at radius 1 is 1.79 bits per heavy atom. The zero-order valence-electron chi connectivity index (χ0n) is 8.43. The Hall–Kier alpha value is -1.36. The van der Waals surface area contributed by atoms with Crippen molar-refractivity contribution in [2.45, 2.75) is 18.9 Å². The molecule has 0 saturated heterocycles. The quantitative estimate of drug-likeness (QED) is 0.682. The molecule has 0 aromatic carbocycles. The number of nitrogens with two attached hydrogens (primary N) is 1. The molecule has 1 aromatic heterocycles. The van der Waals surface area contributed by atoms with Crippen molar-refractivity contribution in [2.75, 3.05) is 7.11 Å². The van der Waals surface area contributed by atoms with E-state index in [1.54, 1.807) is 6.20 Å². The van der Waals surface area contributed by atoms with Gasteiger partial charge in [-0.25, -0.2) is 4.98 Å². The van der Waals surface area contributed by atoms with Crippen LogP contribution in [0.2, 0.25) is 0 Å². The molecule has 0 spiro atoms. The molecule has 2 N–H and O–H groups in total. The van der Waals surface area contributed by atoms with Crippen LogP contribution in [0.25, 0.3) is 0 Å². The van der Waals surface area contributed by atoms with Gasteiger partial charge in [0.1, 0.15) is 11.9 Å². The van der Waals surface area contributed by atoms with E-state index in [0.29, 0.717) is 12.8 Å². The molecule has 1 unspecified atom stereocenters. The van der Waals surface area contributed by atoms with E-state index in [1.807, 2.05) is 17.8 Å². The molecule has 14 heavy (non-hydrogen) atoms. The van der Waals surface area contributed by atoms with Crippen molar-refractivity contribution in [2.24, 2.45) is 12.8 Å². The average Bonchev–Trinajstić information content (AvgIpc) is 2.59. The minimum absolute atomic E-state index is 0.376. The predicted octanol–water partition coefficient (Wildman–Crippen LogP) is -0.147. The molecular formula is C9H15N3O2. The monoisotopic (exact) mass is 197 g/mol. The highest BCUT2D eigenvalue weighted by Gasteiger charge is 2.14. The second-order valence-corrected chi connectivity index (χ2v) is 3.12. The van der Waals surface area contributed by atoms with Crippen LogP contribution in [0.1, 0.15) is 12.2 Å². The van der Waals surface area contributed by atoms with E-state index < -0.39 is 6.04 Å². The smallest absolute Gasteiger partial charge is 0.322 e. The Balaban J connectivity index is 2.41. The number of rotatable bonds is 4. The number of esters is 1. The van der Waals surface area contributed by atoms with Gasteiger partial charge in [-0.3, -0.25) is 4.79 Å². The van der Waals surface area contributed by atoms with E-state index in [9.17, 15) is 4.79 Å². The van der Waals surface area contributed by atoms with E-state index in [4.69, 9.17) is 5.73 Å². The van der Waals surface area contributed by atoms with Gasteiger partial charge in [0, 0.05) is 25.9 Å². The standard InChI is InChI=1S/C9H15N3O2/c1-12-6-5-11-8(12)4-3-7(10)9(13)14-2/h5-7H,3-4,10H2,1-2H3. The molecular weight excluding hydrogens is 182 g/mol. The molecule has 1 aromatic rings. The number of imidazole rings is 1. The van der Waals surface area contributed by atoms with Gasteiger partial charge in [0.15, 0.2) is 0 Å². The summed E-state index contributed by atoms with van der Waals surface area (Å²) < 4.78 is 6.43. The number of methoxy groups -OCH3 is 1. The molecule has 0 aliphatic rings. The second kappa shape index (κ2) is 4.76. The van der Waals surface area contributed by atoms with E-state index in [2.05, 4.69) is 9.72 Å². The van der Waals surface area contributed by atoms with Crippen LogP contribution in [0.5, 0.6) is 0 Å². The van der Waals surface area contributed by atoms with Gasteiger partial charge in [0.05, 0.1) is 7.11 Å². The van der Waals surface area contributed by atoms with Crippen LogP contribution >= 0.6 is 0 Å². The lowest BCUT2D eigenvalue weighted by atomic mass is 10.1. The normalized spacial score (nSPS) is 12.5. The third-order valence-corrected chi connectivity index (χ3v) is 2.10. The Morgan fingerprint density at radius 3 is 3.00 bits per heavy atom. The van der Waals surface area contributed by atoms with Crippen molar-refractivity contribution in [1.82, 2.24) is 9.55 Å². The van der Waals surface area contributed by atoms with E-state index in [-0.39, 0.29) is 5.97 Å². The van der Waals surface area contributed by atoms with Crippen molar-refractivity contribution in [3.63, 3.8) is 0 Å². The van der Waals surface area contributed by atoms with Gasteiger partial charge >= 0.3 is 5.97 Å². The maximum absolute atomic E-state index is 11.0. The maximum atomic E-state index is 11.0. The molecule has 78 valence electrons. The number of hydrogen-bond donors (Lipinski definition) is 1. The Bertz CT molecular complexity index is 309. The highest BCUT2D eigenvalue weighted by atomic mass is 16.5. The Labute approximate surface area is 82.9 Å². The molecule has 0 saturated carbocycles. The van der Waals surface area contributed by atoms with Gasteiger partial charge in [-0.15, -0.1) is 0 Å². The molecule has 0 radical (unpaired) electrons. The summed E-state index contributed by atoms with van der Waals surface area (Å²) in [5.74, 6) is 0.545. The van der Waals surface area contributed by atoms with Gasteiger partial charge in [-0.2, -0.15) is 0 Å². The fourth-order valence-electron chi connectivity index (χ4n) is 1.19. The fraction of sp³-hybridized carbons (Fsp3) is 0.556. The van der Waals surface area contributed by atoms with Gasteiger partial charge in [-0.1, -0.05) is 0 Å². The van der Waals surface area contributed by atoms with Crippen LogP contribution in [-0.2, 0) is 23.0 Å². The number of hydrogen-bond acceptors (Lipinski definition) is 4. The largest absolute Gasteiger partial charge is 0.468 e. The van der Waals surface area contributed by atoms with Crippen molar-refractivity contribution in [1.29, 1.82) is 0 Å². The predicted molar refractivity (Wildman–Crippen MR) is 51.5 cm³/mol. The van der Waals surface area contributed by atoms with Crippen LogP contribution in [0.15, 0.2) is 12.4 Å². The molecule has 0 aliphatic heterocycles. The number of carbonyl (C=O) groups is 1. The van der Waals surface area contributed by atoms with Crippen LogP contribution in [0.3, 0.4) is 0 Å². The van der Waals surface area contributed by atoms with Crippen LogP contribution in [0, 0.1) is 0 Å². The zero-order valence-corrected chi connectivity index (χ0v) is 8.43. The summed E-state index contributed by atoms with van der Waals surface area (Å²) in [6.07, 6.45) is 4.81. The molecule has 1 atom stereocenters. The third-order valence-electron chi connectivity index (χ3n) is 2.10. The molecule has 0 amide bonds. The third kappa shape index (κ3) is 2.56. The Kier molecular flexibility index (Phi) is 3.64. The highest BCUT2D eigenvalue weighted by Crippen LogP contribution is 2.01. The van der Waals surface area contributed by atoms with Crippen molar-refractivity contribution in [3.05, 3.63) is 18.2 Å². The second-order valence-electron chi connectivity index (χ2n) is 3.12. The summed E-state index contributed by atoms with van der Waals surface area (Å²) in [6, 6.07) is -0.559. The van der Waals surface area contributed by atoms with E-state index >= 15 is 0 Å². The first-order valence-electron chi connectivity index (χ1n) is 4.44. The SMILES string of the molecule is COC(=O)C(N)CCc1nccn1C. The molecule has 0 bridgehead atoms. The lowest BCUT2D eigenvalue weighted by molar-refractivity contribution is -0.142. The number of aromatic nitrogens is 2. The maximum Gasteiger partial charge on any atom is 0.322 e. The Morgan fingerprint density at radius 2 is 2.50 bits per heavy atom. The number of aryl methyl sites for hydroxylation is 2. The van der Waals surface area contributed by atoms with Crippen LogP contribution < -0.4 is 5.73 Å². The molecule has 0 fully saturated rings. The first-order valence-corrected chi connectivity index (χ1v) is 4.44. The summed E-state index contributed by atoms with van der Waals surface area (Å²) in [4.78, 5) is 15.1. The van der Waals surface area contributed by atoms with E-state index in [1.165, 1.54) is 7.11 Å². The lowest BCUT2D eigenvalue weighted by Gasteiger charge is -2.08. The number of nitrogens with zero attached hydrogens (tertiary/aromatic N) is 2. The fourth-order valence-corrected chi connectivity index (χ4v) is 1.19. The highest BCUT2D eigenvalue weighted by molar-refractivity contribution is 5.75. The zero-order chi connectivity index (χ0) is 10.6. The minimum Gasteiger partial charge on any atom is -0.468 e. The van der Waals surface area contributed by atoms with E-state index in [0.717, 1.165) is 5.82 Å². The van der Waals surface area contributed by atoms with Gasteiger partial charge < -0.3 is 15.0 Å².